The minimum Gasteiger partial charge on any atom is -0.193 e. The van der Waals surface area contributed by atoms with Crippen LogP contribution in [0.2, 0.25) is 0 Å². The van der Waals surface area contributed by atoms with Crippen molar-refractivity contribution in [3.05, 3.63) is 10.6 Å². The summed E-state index contributed by atoms with van der Waals surface area (Å²) in [6.45, 7) is 1.73. The van der Waals surface area contributed by atoms with Crippen molar-refractivity contribution in [3.8, 4) is 6.07 Å². The van der Waals surface area contributed by atoms with E-state index in [1.54, 1.807) is 11.9 Å². The van der Waals surface area contributed by atoms with Crippen LogP contribution in [0.4, 0.5) is 0 Å². The van der Waals surface area contributed by atoms with Crippen molar-refractivity contribution in [2.45, 2.75) is 6.92 Å². The molecule has 2 heteroatoms. The van der Waals surface area contributed by atoms with Gasteiger partial charge in [-0.2, -0.15) is 5.26 Å². The summed E-state index contributed by atoms with van der Waals surface area (Å²) in [5.41, 5.74) is 0.690. The quantitative estimate of drug-likeness (QED) is 0.478. The molecule has 0 bridgehead atoms. The molecule has 0 rings (SSSR count). The first-order chi connectivity index (χ1) is 2.81. The van der Waals surface area contributed by atoms with E-state index in [9.17, 15) is 0 Å². The summed E-state index contributed by atoms with van der Waals surface area (Å²) >= 11 is 2.99. The molecule has 0 aliphatic heterocycles. The zero-order valence-electron chi connectivity index (χ0n) is 3.40. The Morgan fingerprint density at radius 1 is 2.00 bits per heavy atom. The average Bonchev–Trinajstić information content (AvgIpc) is 1.65. The molecule has 0 aliphatic carbocycles. The fourth-order valence-corrected chi connectivity index (χ4v) is 0.127. The predicted octanol–water partition coefficient (Wildman–Crippen LogP) is 1.81. The number of nitriles is 1. The maximum atomic E-state index is 7.99. The van der Waals surface area contributed by atoms with Gasteiger partial charge in [0.1, 0.15) is 0 Å². The normalized spacial score (nSPS) is 10.5. The van der Waals surface area contributed by atoms with Gasteiger partial charge in [0.15, 0.2) is 0 Å². The summed E-state index contributed by atoms with van der Waals surface area (Å²) < 4.78 is 0. The molecular formula is C4H4BrN. The lowest BCUT2D eigenvalue weighted by Gasteiger charge is -1.68. The maximum absolute atomic E-state index is 7.99. The van der Waals surface area contributed by atoms with Crippen molar-refractivity contribution in [1.29, 1.82) is 5.26 Å². The SMILES string of the molecule is C/C(C#N)=C\Br. The number of rotatable bonds is 0. The van der Waals surface area contributed by atoms with Crippen LogP contribution in [0.3, 0.4) is 0 Å². The Morgan fingerprint density at radius 3 is 2.50 bits per heavy atom. The molecule has 6 heavy (non-hydrogen) atoms. The van der Waals surface area contributed by atoms with Crippen LogP contribution in [0.1, 0.15) is 6.92 Å². The maximum Gasteiger partial charge on any atom is 0.0949 e. The largest absolute Gasteiger partial charge is 0.193 e. The van der Waals surface area contributed by atoms with E-state index in [4.69, 9.17) is 5.26 Å². The van der Waals surface area contributed by atoms with E-state index in [2.05, 4.69) is 15.9 Å². The van der Waals surface area contributed by atoms with Gasteiger partial charge in [0, 0.05) is 5.57 Å². The molecule has 1 nitrogen and oxygen atoms in total. The molecule has 0 amide bonds. The van der Waals surface area contributed by atoms with Gasteiger partial charge in [-0.05, 0) is 11.9 Å². The fraction of sp³-hybridized carbons (Fsp3) is 0.250. The second-order valence-electron chi connectivity index (χ2n) is 0.904. The first-order valence-corrected chi connectivity index (χ1v) is 2.40. The third kappa shape index (κ3) is 1.98. The average molecular weight is 146 g/mol. The van der Waals surface area contributed by atoms with E-state index in [0.29, 0.717) is 5.57 Å². The first kappa shape index (κ1) is 5.71. The van der Waals surface area contributed by atoms with Gasteiger partial charge in [0.2, 0.25) is 0 Å². The lowest BCUT2D eigenvalue weighted by molar-refractivity contribution is 1.46. The van der Waals surface area contributed by atoms with E-state index < -0.39 is 0 Å². The second kappa shape index (κ2) is 2.92. The van der Waals surface area contributed by atoms with Crippen molar-refractivity contribution in [1.82, 2.24) is 0 Å². The van der Waals surface area contributed by atoms with Crippen LogP contribution in [0.5, 0.6) is 0 Å². The number of allylic oxidation sites excluding steroid dienone is 1. The van der Waals surface area contributed by atoms with Gasteiger partial charge in [-0.3, -0.25) is 0 Å². The first-order valence-electron chi connectivity index (χ1n) is 1.48. The molecule has 0 N–H and O–H groups in total. The number of hydrogen-bond acceptors (Lipinski definition) is 1. The highest BCUT2D eigenvalue weighted by atomic mass is 79.9. The molecule has 0 fully saturated rings. The van der Waals surface area contributed by atoms with E-state index in [1.807, 2.05) is 6.07 Å². The van der Waals surface area contributed by atoms with Crippen molar-refractivity contribution < 1.29 is 0 Å². The summed E-state index contributed by atoms with van der Waals surface area (Å²) in [4.78, 5) is 1.59. The van der Waals surface area contributed by atoms with Gasteiger partial charge in [-0.15, -0.1) is 0 Å². The molecule has 0 saturated carbocycles. The Balaban J connectivity index is 3.61. The zero-order valence-corrected chi connectivity index (χ0v) is 4.99. The van der Waals surface area contributed by atoms with Gasteiger partial charge in [-0.25, -0.2) is 0 Å². The summed E-state index contributed by atoms with van der Waals surface area (Å²) in [5.74, 6) is 0. The van der Waals surface area contributed by atoms with Crippen LogP contribution in [0, 0.1) is 11.3 Å². The predicted molar refractivity (Wildman–Crippen MR) is 28.3 cm³/mol. The molecule has 0 aromatic rings. The van der Waals surface area contributed by atoms with Crippen LogP contribution in [-0.2, 0) is 0 Å². The Hall–Kier alpha value is -0.290. The van der Waals surface area contributed by atoms with Crippen LogP contribution >= 0.6 is 15.9 Å². The van der Waals surface area contributed by atoms with E-state index in [1.165, 1.54) is 0 Å². The van der Waals surface area contributed by atoms with Gasteiger partial charge >= 0.3 is 0 Å². The van der Waals surface area contributed by atoms with Gasteiger partial charge in [0.05, 0.1) is 6.07 Å². The second-order valence-corrected chi connectivity index (χ2v) is 1.36. The van der Waals surface area contributed by atoms with Crippen molar-refractivity contribution in [2.24, 2.45) is 0 Å². The molecule has 0 aromatic carbocycles. The topological polar surface area (TPSA) is 23.8 Å². The van der Waals surface area contributed by atoms with E-state index in [-0.39, 0.29) is 0 Å². The summed E-state index contributed by atoms with van der Waals surface area (Å²) in [6, 6.07) is 1.93. The zero-order chi connectivity index (χ0) is 4.99. The highest BCUT2D eigenvalue weighted by molar-refractivity contribution is 9.11. The summed E-state index contributed by atoms with van der Waals surface area (Å²) in [7, 11) is 0. The number of halogens is 1. The third-order valence-electron chi connectivity index (χ3n) is 0.340. The lowest BCUT2D eigenvalue weighted by atomic mass is 10.4. The van der Waals surface area contributed by atoms with Crippen LogP contribution in [0.15, 0.2) is 10.6 Å². The molecule has 0 radical (unpaired) electrons. The van der Waals surface area contributed by atoms with Gasteiger partial charge < -0.3 is 0 Å². The molecule has 0 aromatic heterocycles. The molecule has 0 unspecified atom stereocenters. The van der Waals surface area contributed by atoms with Crippen molar-refractivity contribution in [3.63, 3.8) is 0 Å². The molecular weight excluding hydrogens is 142 g/mol. The Bertz CT molecular complexity index is 98.6. The van der Waals surface area contributed by atoms with Crippen molar-refractivity contribution >= 4 is 15.9 Å². The van der Waals surface area contributed by atoms with Crippen LogP contribution < -0.4 is 0 Å². The third-order valence-corrected chi connectivity index (χ3v) is 1.03. The molecule has 32 valence electrons. The highest BCUT2D eigenvalue weighted by Gasteiger charge is 1.72. The highest BCUT2D eigenvalue weighted by Crippen LogP contribution is 1.91. The Labute approximate surface area is 45.4 Å². The van der Waals surface area contributed by atoms with Gasteiger partial charge in [-0.1, -0.05) is 15.9 Å². The van der Waals surface area contributed by atoms with Gasteiger partial charge in [0.25, 0.3) is 0 Å². The van der Waals surface area contributed by atoms with E-state index in [0.717, 1.165) is 0 Å². The molecule has 0 heterocycles. The molecule has 0 aliphatic rings. The number of hydrogen-bond donors (Lipinski definition) is 0. The smallest absolute Gasteiger partial charge is 0.0949 e. The molecule has 0 saturated heterocycles. The standard InChI is InChI=1S/C4H4BrN/c1-4(2-5)3-6/h2H,1H3/b4-2+. The fourth-order valence-electron chi connectivity index (χ4n) is 0.0244. The van der Waals surface area contributed by atoms with Crippen LogP contribution in [0.25, 0.3) is 0 Å². The number of nitrogens with zero attached hydrogens (tertiary/aromatic N) is 1. The molecule has 0 spiro atoms. The van der Waals surface area contributed by atoms with Crippen LogP contribution in [-0.4, -0.2) is 0 Å². The van der Waals surface area contributed by atoms with Crippen molar-refractivity contribution in [2.75, 3.05) is 0 Å². The monoisotopic (exact) mass is 145 g/mol. The minimum absolute atomic E-state index is 0.690. The lowest BCUT2D eigenvalue weighted by Crippen LogP contribution is -1.56. The molecule has 0 atom stereocenters. The summed E-state index contributed by atoms with van der Waals surface area (Å²) in [6.07, 6.45) is 0. The van der Waals surface area contributed by atoms with E-state index >= 15 is 0 Å². The Kier molecular flexibility index (Phi) is 2.78. The summed E-state index contributed by atoms with van der Waals surface area (Å²) in [5, 5.41) is 7.99. The Morgan fingerprint density at radius 2 is 2.50 bits per heavy atom. The minimum atomic E-state index is 0.690.